The van der Waals surface area contributed by atoms with Crippen LogP contribution in [0.25, 0.3) is 0 Å². The largest absolute Gasteiger partial charge is 0.394 e. The molecule has 0 aliphatic carbocycles. The number of nitro groups is 1. The molecule has 0 unspecified atom stereocenters. The minimum atomic E-state index is -0.778. The van der Waals surface area contributed by atoms with Gasteiger partial charge < -0.3 is 29.6 Å². The number of aliphatic hydroxyl groups excluding tert-OH is 2. The molecule has 2 rings (SSSR count). The van der Waals surface area contributed by atoms with Gasteiger partial charge in [-0.1, -0.05) is 0 Å². The van der Waals surface area contributed by atoms with Gasteiger partial charge in [0.1, 0.15) is 12.3 Å². The zero-order valence-electron chi connectivity index (χ0n) is 8.97. The highest BCUT2D eigenvalue weighted by molar-refractivity contribution is 5.13. The molecule has 0 saturated carbocycles. The molecule has 0 bridgehead atoms. The summed E-state index contributed by atoms with van der Waals surface area (Å²) < 4.78 is 6.81. The molecule has 1 aromatic rings. The normalized spacial score (nSPS) is 29.2. The lowest BCUT2D eigenvalue weighted by atomic mass is 10.0. The molecule has 2 heterocycles. The highest BCUT2D eigenvalue weighted by Crippen LogP contribution is 2.24. The van der Waals surface area contributed by atoms with E-state index in [1.54, 1.807) is 4.57 Å². The highest BCUT2D eigenvalue weighted by atomic mass is 16.6. The first-order valence-electron chi connectivity index (χ1n) is 5.20. The van der Waals surface area contributed by atoms with Gasteiger partial charge in [0, 0.05) is 0 Å². The summed E-state index contributed by atoms with van der Waals surface area (Å²) in [7, 11) is 0. The van der Waals surface area contributed by atoms with Crippen molar-refractivity contribution in [2.24, 2.45) is 0 Å². The number of ether oxygens (including phenoxy) is 1. The molecule has 2 N–H and O–H groups in total. The molecule has 94 valence electrons. The number of rotatable bonds is 3. The maximum Gasteiger partial charge on any atom is 0.381 e. The predicted molar refractivity (Wildman–Crippen MR) is 55.4 cm³/mol. The Kier molecular flexibility index (Phi) is 3.36. The van der Waals surface area contributed by atoms with E-state index < -0.39 is 17.1 Å². The molecule has 17 heavy (non-hydrogen) atoms. The maximum absolute atomic E-state index is 10.5. The molecule has 3 atom stereocenters. The van der Waals surface area contributed by atoms with Crippen LogP contribution in [-0.4, -0.2) is 50.1 Å². The van der Waals surface area contributed by atoms with Crippen LogP contribution < -0.4 is 0 Å². The number of nitrogens with zero attached hydrogens (tertiary/aromatic N) is 3. The van der Waals surface area contributed by atoms with Crippen molar-refractivity contribution in [3.8, 4) is 0 Å². The quantitative estimate of drug-likeness (QED) is 0.545. The minimum Gasteiger partial charge on any atom is -0.394 e. The fraction of sp³-hybridized carbons (Fsp3) is 0.667. The molecule has 0 amide bonds. The molecule has 8 nitrogen and oxygen atoms in total. The van der Waals surface area contributed by atoms with E-state index in [0.717, 1.165) is 0 Å². The van der Waals surface area contributed by atoms with E-state index in [9.17, 15) is 15.2 Å². The fourth-order valence-corrected chi connectivity index (χ4v) is 1.85. The van der Waals surface area contributed by atoms with Crippen LogP contribution in [0.3, 0.4) is 0 Å². The molecular formula is C9H13N3O5. The van der Waals surface area contributed by atoms with E-state index in [4.69, 9.17) is 9.84 Å². The van der Waals surface area contributed by atoms with Gasteiger partial charge in [-0.2, -0.15) is 0 Å². The summed E-state index contributed by atoms with van der Waals surface area (Å²) in [5.74, 6) is -0.233. The van der Waals surface area contributed by atoms with Gasteiger partial charge in [0.25, 0.3) is 0 Å². The van der Waals surface area contributed by atoms with Gasteiger partial charge in [0.2, 0.25) is 6.33 Å². The first kappa shape index (κ1) is 12.0. The Labute approximate surface area is 96.6 Å². The van der Waals surface area contributed by atoms with Gasteiger partial charge in [-0.15, -0.1) is 0 Å². The van der Waals surface area contributed by atoms with Crippen molar-refractivity contribution >= 4 is 5.82 Å². The van der Waals surface area contributed by atoms with Crippen molar-refractivity contribution in [2.45, 2.75) is 24.7 Å². The molecule has 8 heteroatoms. The van der Waals surface area contributed by atoms with E-state index in [2.05, 4.69) is 4.98 Å². The van der Waals surface area contributed by atoms with Crippen LogP contribution >= 0.6 is 0 Å². The zero-order chi connectivity index (χ0) is 12.4. The molecule has 1 aliphatic heterocycles. The second kappa shape index (κ2) is 4.78. The van der Waals surface area contributed by atoms with Crippen molar-refractivity contribution in [1.82, 2.24) is 9.55 Å². The van der Waals surface area contributed by atoms with Crippen LogP contribution in [-0.2, 0) is 4.74 Å². The Hall–Kier alpha value is -1.51. The van der Waals surface area contributed by atoms with Gasteiger partial charge in [-0.05, 0) is 16.3 Å². The first-order valence-corrected chi connectivity index (χ1v) is 5.20. The molecule has 1 saturated heterocycles. The van der Waals surface area contributed by atoms with Gasteiger partial charge in [-0.25, -0.2) is 0 Å². The molecule has 0 spiro atoms. The lowest BCUT2D eigenvalue weighted by molar-refractivity contribution is -0.389. The Bertz CT molecular complexity index is 407. The van der Waals surface area contributed by atoms with E-state index in [1.807, 2.05) is 0 Å². The minimum absolute atomic E-state index is 0.200. The standard InChI is InChI=1S/C9H13N3O5/c13-3-8-7(14)1-6(4-17-8)11-2-9(10-5-11)12(15)16/h2,5-8,13-14H,1,3-4H2/t6-,7-,8+/m0/s1. The number of aromatic nitrogens is 2. The van der Waals surface area contributed by atoms with Crippen molar-refractivity contribution < 1.29 is 19.9 Å². The van der Waals surface area contributed by atoms with E-state index >= 15 is 0 Å². The third-order valence-corrected chi connectivity index (χ3v) is 2.82. The summed E-state index contributed by atoms with van der Waals surface area (Å²) in [6.07, 6.45) is 1.67. The first-order chi connectivity index (χ1) is 8.11. The summed E-state index contributed by atoms with van der Waals surface area (Å²) in [4.78, 5) is 13.5. The average Bonchev–Trinajstić information content (AvgIpc) is 2.78. The Balaban J connectivity index is 2.06. The van der Waals surface area contributed by atoms with E-state index in [1.165, 1.54) is 12.5 Å². The Morgan fingerprint density at radius 2 is 2.47 bits per heavy atom. The smallest absolute Gasteiger partial charge is 0.381 e. The molecule has 1 aliphatic rings. The third kappa shape index (κ3) is 2.43. The lowest BCUT2D eigenvalue weighted by Gasteiger charge is -2.32. The van der Waals surface area contributed by atoms with Crippen molar-refractivity contribution in [1.29, 1.82) is 0 Å². The summed E-state index contributed by atoms with van der Waals surface area (Å²) in [6.45, 7) is 0.0494. The molecule has 0 aromatic carbocycles. The summed E-state index contributed by atoms with van der Waals surface area (Å²) in [5.41, 5.74) is 0. The Morgan fingerprint density at radius 1 is 1.71 bits per heavy atom. The molecule has 1 fully saturated rings. The second-order valence-electron chi connectivity index (χ2n) is 3.95. The van der Waals surface area contributed by atoms with Gasteiger partial charge in [0.05, 0.1) is 25.4 Å². The van der Waals surface area contributed by atoms with Gasteiger partial charge >= 0.3 is 5.82 Å². The van der Waals surface area contributed by atoms with Crippen LogP contribution in [0.5, 0.6) is 0 Å². The van der Waals surface area contributed by atoms with Gasteiger partial charge in [-0.3, -0.25) is 0 Å². The second-order valence-corrected chi connectivity index (χ2v) is 3.95. The van der Waals surface area contributed by atoms with Crippen molar-refractivity contribution in [2.75, 3.05) is 13.2 Å². The number of hydrogen-bond donors (Lipinski definition) is 2. The molecule has 0 radical (unpaired) electrons. The van der Waals surface area contributed by atoms with E-state index in [0.29, 0.717) is 6.42 Å². The molecule has 1 aromatic heterocycles. The van der Waals surface area contributed by atoms with Crippen LogP contribution in [0.1, 0.15) is 12.5 Å². The number of imidazole rings is 1. The maximum atomic E-state index is 10.5. The summed E-state index contributed by atoms with van der Waals surface area (Å²) in [5, 5.41) is 29.0. The predicted octanol–water partition coefficient (Wildman–Crippen LogP) is -0.526. The monoisotopic (exact) mass is 243 g/mol. The highest BCUT2D eigenvalue weighted by Gasteiger charge is 2.31. The zero-order valence-corrected chi connectivity index (χ0v) is 8.97. The van der Waals surface area contributed by atoms with Crippen LogP contribution in [0.15, 0.2) is 12.5 Å². The van der Waals surface area contributed by atoms with Crippen LogP contribution in [0.4, 0.5) is 5.82 Å². The summed E-state index contributed by atoms with van der Waals surface area (Å²) >= 11 is 0. The fourth-order valence-electron chi connectivity index (χ4n) is 1.85. The van der Waals surface area contributed by atoms with Crippen molar-refractivity contribution in [3.63, 3.8) is 0 Å². The number of aliphatic hydroxyl groups is 2. The van der Waals surface area contributed by atoms with Crippen LogP contribution in [0, 0.1) is 10.1 Å². The lowest BCUT2D eigenvalue weighted by Crippen LogP contribution is -2.41. The topological polar surface area (TPSA) is 111 Å². The Morgan fingerprint density at radius 3 is 3.00 bits per heavy atom. The SMILES string of the molecule is O=[N+]([O-])c1cn([C@@H]2CO[C@H](CO)[C@@H](O)C2)cn1. The van der Waals surface area contributed by atoms with E-state index in [-0.39, 0.29) is 25.1 Å². The van der Waals surface area contributed by atoms with Crippen LogP contribution in [0.2, 0.25) is 0 Å². The molecular weight excluding hydrogens is 230 g/mol. The number of hydrogen-bond acceptors (Lipinski definition) is 6. The third-order valence-electron chi connectivity index (χ3n) is 2.82. The van der Waals surface area contributed by atoms with Crippen molar-refractivity contribution in [3.05, 3.63) is 22.6 Å². The average molecular weight is 243 g/mol. The summed E-state index contributed by atoms with van der Waals surface area (Å²) in [6, 6.07) is -0.200. The van der Waals surface area contributed by atoms with Gasteiger partial charge in [0.15, 0.2) is 0 Å².